The number of carbonyl (C=O) groups excluding carboxylic acids is 1. The van der Waals surface area contributed by atoms with Gasteiger partial charge >= 0.3 is 0 Å². The third kappa shape index (κ3) is 6.12. The molecule has 0 aromatic carbocycles. The molecular weight excluding hydrogens is 154 g/mol. The fraction of sp³-hybridized carbons (Fsp3) is 0.875. The smallest absolute Gasteiger partial charge is 0.233 e. The average Bonchev–Trinajstić information content (AvgIpc) is 1.99. The number of nitrogens with one attached hydrogen (secondary N) is 2. The summed E-state index contributed by atoms with van der Waals surface area (Å²) in [5.41, 5.74) is 0. The van der Waals surface area contributed by atoms with Gasteiger partial charge in [0.25, 0.3) is 0 Å². The monoisotopic (exact) mass is 173 g/mol. The molecule has 0 bridgehead atoms. The van der Waals surface area contributed by atoms with E-state index in [1.165, 1.54) is 0 Å². The molecule has 12 heavy (non-hydrogen) atoms. The van der Waals surface area contributed by atoms with Gasteiger partial charge in [0.15, 0.2) is 0 Å². The fourth-order valence-electron chi connectivity index (χ4n) is 0.968. The summed E-state index contributed by atoms with van der Waals surface area (Å²) in [4.78, 5) is 12.9. The standard InChI is InChI=1S/C8H19N3O/c1-7(6-11(3)4)10-5-8(12)9-2/h7,10H,5-6H2,1-4H3,(H,9,12). The van der Waals surface area contributed by atoms with Crippen LogP contribution in [0, 0.1) is 0 Å². The van der Waals surface area contributed by atoms with Gasteiger partial charge in [-0.1, -0.05) is 0 Å². The predicted molar refractivity (Wildman–Crippen MR) is 50.1 cm³/mol. The van der Waals surface area contributed by atoms with E-state index in [4.69, 9.17) is 0 Å². The average molecular weight is 173 g/mol. The van der Waals surface area contributed by atoms with Crippen molar-refractivity contribution in [2.75, 3.05) is 34.2 Å². The van der Waals surface area contributed by atoms with Crippen LogP contribution in [0.3, 0.4) is 0 Å². The topological polar surface area (TPSA) is 44.4 Å². The maximum atomic E-state index is 10.8. The molecule has 0 aromatic heterocycles. The molecule has 72 valence electrons. The van der Waals surface area contributed by atoms with Crippen LogP contribution in [-0.4, -0.2) is 51.1 Å². The number of hydrogen-bond acceptors (Lipinski definition) is 3. The van der Waals surface area contributed by atoms with E-state index in [1.54, 1.807) is 7.05 Å². The highest BCUT2D eigenvalue weighted by Gasteiger charge is 2.04. The van der Waals surface area contributed by atoms with Crippen LogP contribution in [0.1, 0.15) is 6.92 Å². The summed E-state index contributed by atoms with van der Waals surface area (Å²) >= 11 is 0. The highest BCUT2D eigenvalue weighted by atomic mass is 16.1. The van der Waals surface area contributed by atoms with Crippen LogP contribution < -0.4 is 10.6 Å². The van der Waals surface area contributed by atoms with E-state index in [-0.39, 0.29) is 5.91 Å². The van der Waals surface area contributed by atoms with Gasteiger partial charge in [0.05, 0.1) is 6.54 Å². The van der Waals surface area contributed by atoms with Crippen molar-refractivity contribution < 1.29 is 4.79 Å². The van der Waals surface area contributed by atoms with Gasteiger partial charge < -0.3 is 15.5 Å². The maximum Gasteiger partial charge on any atom is 0.233 e. The molecule has 1 amide bonds. The molecule has 1 atom stereocenters. The SMILES string of the molecule is CNC(=O)CNC(C)CN(C)C. The Balaban J connectivity index is 3.43. The minimum absolute atomic E-state index is 0.0283. The van der Waals surface area contributed by atoms with Gasteiger partial charge in [-0.3, -0.25) is 4.79 Å². The lowest BCUT2D eigenvalue weighted by Gasteiger charge is -2.17. The Morgan fingerprint density at radius 3 is 2.50 bits per heavy atom. The zero-order valence-corrected chi connectivity index (χ0v) is 8.35. The van der Waals surface area contributed by atoms with Gasteiger partial charge in [-0.05, 0) is 21.0 Å². The molecule has 0 aliphatic carbocycles. The molecule has 4 nitrogen and oxygen atoms in total. The fourth-order valence-corrected chi connectivity index (χ4v) is 0.968. The molecular formula is C8H19N3O. The third-order valence-corrected chi connectivity index (χ3v) is 1.53. The lowest BCUT2D eigenvalue weighted by molar-refractivity contribution is -0.119. The first kappa shape index (κ1) is 11.4. The van der Waals surface area contributed by atoms with Crippen molar-refractivity contribution in [2.45, 2.75) is 13.0 Å². The molecule has 0 aromatic rings. The molecule has 0 saturated heterocycles. The normalized spacial score (nSPS) is 13.1. The van der Waals surface area contributed by atoms with Crippen LogP contribution in [-0.2, 0) is 4.79 Å². The summed E-state index contributed by atoms with van der Waals surface area (Å²) in [6, 6.07) is 0.345. The Kier molecular flexibility index (Phi) is 5.66. The van der Waals surface area contributed by atoms with Gasteiger partial charge in [0.2, 0.25) is 5.91 Å². The lowest BCUT2D eigenvalue weighted by Crippen LogP contribution is -2.41. The summed E-state index contributed by atoms with van der Waals surface area (Å²) in [5.74, 6) is 0.0283. The maximum absolute atomic E-state index is 10.8. The molecule has 0 spiro atoms. The third-order valence-electron chi connectivity index (χ3n) is 1.53. The number of hydrogen-bond donors (Lipinski definition) is 2. The Morgan fingerprint density at radius 1 is 1.50 bits per heavy atom. The minimum Gasteiger partial charge on any atom is -0.358 e. The zero-order valence-electron chi connectivity index (χ0n) is 8.35. The molecule has 1 unspecified atom stereocenters. The van der Waals surface area contributed by atoms with E-state index in [0.29, 0.717) is 12.6 Å². The van der Waals surface area contributed by atoms with Crippen LogP contribution in [0.2, 0.25) is 0 Å². The second kappa shape index (κ2) is 5.97. The number of likely N-dealkylation sites (N-methyl/N-ethyl adjacent to an activating group) is 2. The van der Waals surface area contributed by atoms with E-state index in [9.17, 15) is 4.79 Å². The molecule has 0 rings (SSSR count). The highest BCUT2D eigenvalue weighted by Crippen LogP contribution is 1.83. The molecule has 0 aliphatic heterocycles. The van der Waals surface area contributed by atoms with Crippen LogP contribution in [0.4, 0.5) is 0 Å². The molecule has 0 radical (unpaired) electrons. The van der Waals surface area contributed by atoms with Gasteiger partial charge in [-0.15, -0.1) is 0 Å². The van der Waals surface area contributed by atoms with E-state index < -0.39 is 0 Å². The lowest BCUT2D eigenvalue weighted by atomic mass is 10.3. The van der Waals surface area contributed by atoms with Crippen molar-refractivity contribution in [3.8, 4) is 0 Å². The van der Waals surface area contributed by atoms with Gasteiger partial charge in [-0.2, -0.15) is 0 Å². The highest BCUT2D eigenvalue weighted by molar-refractivity contribution is 5.77. The van der Waals surface area contributed by atoms with Crippen molar-refractivity contribution in [1.82, 2.24) is 15.5 Å². The first-order chi connectivity index (χ1) is 5.56. The second-order valence-electron chi connectivity index (χ2n) is 3.22. The van der Waals surface area contributed by atoms with Gasteiger partial charge in [-0.25, -0.2) is 0 Å². The predicted octanol–water partition coefficient (Wildman–Crippen LogP) is -0.728. The summed E-state index contributed by atoms with van der Waals surface area (Å²) in [6.07, 6.45) is 0. The summed E-state index contributed by atoms with van der Waals surface area (Å²) in [5, 5.41) is 5.67. The number of amides is 1. The largest absolute Gasteiger partial charge is 0.358 e. The Labute approximate surface area is 74.3 Å². The van der Waals surface area contributed by atoms with Gasteiger partial charge in [0.1, 0.15) is 0 Å². The number of nitrogens with zero attached hydrogens (tertiary/aromatic N) is 1. The number of carbonyl (C=O) groups is 1. The molecule has 2 N–H and O–H groups in total. The number of rotatable bonds is 5. The van der Waals surface area contributed by atoms with E-state index >= 15 is 0 Å². The van der Waals surface area contributed by atoms with Crippen molar-refractivity contribution in [2.24, 2.45) is 0 Å². The van der Waals surface area contributed by atoms with E-state index in [0.717, 1.165) is 6.54 Å². The molecule has 4 heteroatoms. The Bertz CT molecular complexity index is 136. The van der Waals surface area contributed by atoms with Crippen LogP contribution in [0.25, 0.3) is 0 Å². The van der Waals surface area contributed by atoms with E-state index in [2.05, 4.69) is 22.5 Å². The second-order valence-corrected chi connectivity index (χ2v) is 3.22. The quantitative estimate of drug-likeness (QED) is 0.576. The molecule has 0 fully saturated rings. The minimum atomic E-state index is 0.0283. The van der Waals surface area contributed by atoms with Crippen molar-refractivity contribution in [3.05, 3.63) is 0 Å². The van der Waals surface area contributed by atoms with Crippen LogP contribution in [0.15, 0.2) is 0 Å². The van der Waals surface area contributed by atoms with Crippen molar-refractivity contribution in [3.63, 3.8) is 0 Å². The van der Waals surface area contributed by atoms with Crippen molar-refractivity contribution in [1.29, 1.82) is 0 Å². The zero-order chi connectivity index (χ0) is 9.56. The molecule has 0 aliphatic rings. The van der Waals surface area contributed by atoms with Crippen molar-refractivity contribution >= 4 is 5.91 Å². The first-order valence-corrected chi connectivity index (χ1v) is 4.15. The van der Waals surface area contributed by atoms with Gasteiger partial charge in [0, 0.05) is 19.6 Å². The Hall–Kier alpha value is -0.610. The molecule has 0 saturated carbocycles. The summed E-state index contributed by atoms with van der Waals surface area (Å²) in [6.45, 7) is 3.39. The van der Waals surface area contributed by atoms with E-state index in [1.807, 2.05) is 14.1 Å². The summed E-state index contributed by atoms with van der Waals surface area (Å²) < 4.78 is 0. The van der Waals surface area contributed by atoms with Crippen LogP contribution >= 0.6 is 0 Å². The van der Waals surface area contributed by atoms with Crippen LogP contribution in [0.5, 0.6) is 0 Å². The first-order valence-electron chi connectivity index (χ1n) is 4.15. The Morgan fingerprint density at radius 2 is 2.08 bits per heavy atom. The molecule has 0 heterocycles. The summed E-state index contributed by atoms with van der Waals surface area (Å²) in [7, 11) is 5.66.